The molecule has 0 aromatic heterocycles. The molecule has 7 rings (SSSR count). The van der Waals surface area contributed by atoms with Crippen molar-refractivity contribution >= 4 is 5.97 Å². The molecule has 0 amide bonds. The highest BCUT2D eigenvalue weighted by Crippen LogP contribution is 2.53. The second-order valence-corrected chi connectivity index (χ2v) is 17.2. The van der Waals surface area contributed by atoms with Crippen molar-refractivity contribution in [1.29, 1.82) is 0 Å². The molecule has 0 spiro atoms. The van der Waals surface area contributed by atoms with Gasteiger partial charge < -0.3 is 75.5 Å². The number of carbonyl (C=O) groups is 1. The first kappa shape index (κ1) is 39.7. The molecule has 6 fully saturated rings. The van der Waals surface area contributed by atoms with Gasteiger partial charge in [0, 0.05) is 23.7 Å². The van der Waals surface area contributed by atoms with Crippen LogP contribution in [0.3, 0.4) is 0 Å². The van der Waals surface area contributed by atoms with Crippen LogP contribution < -0.4 is 0 Å². The minimum Gasteiger partial charge on any atom is -0.510 e. The van der Waals surface area contributed by atoms with Gasteiger partial charge in [-0.05, 0) is 88.5 Å². The van der Waals surface area contributed by atoms with E-state index in [1.165, 1.54) is 6.08 Å². The van der Waals surface area contributed by atoms with Crippen LogP contribution in [0.2, 0.25) is 0 Å². The zero-order chi connectivity index (χ0) is 38.0. The number of fused-ring (bicyclic) bond motifs is 2. The van der Waals surface area contributed by atoms with Gasteiger partial charge in [0.1, 0.15) is 24.1 Å². The molecule has 5 aliphatic carbocycles. The van der Waals surface area contributed by atoms with Crippen molar-refractivity contribution in [3.05, 3.63) is 11.8 Å². The van der Waals surface area contributed by atoms with Crippen molar-refractivity contribution in [2.24, 2.45) is 41.4 Å². The minimum atomic E-state index is -1.40. The average molecular weight is 759 g/mol. The maximum atomic E-state index is 13.6. The summed E-state index contributed by atoms with van der Waals surface area (Å²) in [4.78, 5) is 13.6. The fraction of sp³-hybridized carbons (Fsp3) is 0.919. The molecule has 2 saturated heterocycles. The van der Waals surface area contributed by atoms with Crippen LogP contribution in [0.5, 0.6) is 0 Å². The molecule has 2 aliphatic heterocycles. The van der Waals surface area contributed by atoms with Crippen molar-refractivity contribution < 1.29 is 80.3 Å². The van der Waals surface area contributed by atoms with Crippen LogP contribution in [0.15, 0.2) is 11.8 Å². The number of hydrogen-bond acceptors (Lipinski definition) is 16. The van der Waals surface area contributed by atoms with Crippen LogP contribution in [0.1, 0.15) is 70.6 Å². The predicted octanol–water partition coefficient (Wildman–Crippen LogP) is -2.48. The highest BCUT2D eigenvalue weighted by Gasteiger charge is 2.62. The summed E-state index contributed by atoms with van der Waals surface area (Å²) in [6, 6.07) is 0. The van der Waals surface area contributed by atoms with Crippen LogP contribution in [-0.2, 0) is 19.0 Å². The molecule has 0 bridgehead atoms. The summed E-state index contributed by atoms with van der Waals surface area (Å²) in [6.07, 6.45) is -15.0. The largest absolute Gasteiger partial charge is 0.510 e. The van der Waals surface area contributed by atoms with Crippen LogP contribution in [0.4, 0.5) is 0 Å². The zero-order valence-electron chi connectivity index (χ0n) is 29.6. The lowest BCUT2D eigenvalue weighted by atomic mass is 9.57. The lowest BCUT2D eigenvalue weighted by Gasteiger charge is -2.59. The predicted molar refractivity (Wildman–Crippen MR) is 179 cm³/mol. The first-order chi connectivity index (χ1) is 25.1. The smallest absolute Gasteiger partial charge is 0.309 e. The maximum absolute atomic E-state index is 13.6. The summed E-state index contributed by atoms with van der Waals surface area (Å²) in [5.41, 5.74) is 0. The zero-order valence-corrected chi connectivity index (χ0v) is 29.6. The molecule has 0 aromatic carbocycles. The van der Waals surface area contributed by atoms with Gasteiger partial charge in [-0.15, -0.1) is 0 Å². The standard InChI is InChI=1S/C37H58O16/c38-16-9-23(44)29-27(10-16)51-35(14-2-4-19(40)22(43)6-14)33(49)31(29)30-24(45)12-20(41)17-11-28(52-37(50)15-7-25(46)32(48)26(47)8-15)34(53-36(17)30)13-1-3-18(39)21(42)5-13/h4,13-18,20-36,38-49H,1-3,5-12H2. The van der Waals surface area contributed by atoms with Crippen LogP contribution in [0.25, 0.3) is 0 Å². The SMILES string of the molecule is O=C(OC1CC2C(O)CC(O)C(C3C(O)C(C4CC=C(O)C(O)C4)OC4CC(O)CC(O)C43)C2OC1C1CCC(O)C(O)C1)C1CC(O)C(O)C(O)C1. The third-order valence-electron chi connectivity index (χ3n) is 13.9. The van der Waals surface area contributed by atoms with E-state index >= 15 is 0 Å². The van der Waals surface area contributed by atoms with E-state index < -0.39 is 145 Å². The lowest BCUT2D eigenvalue weighted by molar-refractivity contribution is -0.290. The van der Waals surface area contributed by atoms with Crippen molar-refractivity contribution in [3.63, 3.8) is 0 Å². The van der Waals surface area contributed by atoms with Gasteiger partial charge in [-0.2, -0.15) is 0 Å². The van der Waals surface area contributed by atoms with Gasteiger partial charge in [0.15, 0.2) is 0 Å². The van der Waals surface area contributed by atoms with Gasteiger partial charge in [-0.3, -0.25) is 4.79 Å². The highest BCUT2D eigenvalue weighted by molar-refractivity contribution is 5.73. The van der Waals surface area contributed by atoms with E-state index in [2.05, 4.69) is 0 Å². The number of allylic oxidation sites excluding steroid dienone is 1. The van der Waals surface area contributed by atoms with Crippen molar-refractivity contribution in [1.82, 2.24) is 0 Å². The number of aliphatic hydroxyl groups is 12. The monoisotopic (exact) mass is 758 g/mol. The molecule has 16 nitrogen and oxygen atoms in total. The molecule has 53 heavy (non-hydrogen) atoms. The van der Waals surface area contributed by atoms with E-state index in [0.717, 1.165) is 0 Å². The summed E-state index contributed by atoms with van der Waals surface area (Å²) in [5.74, 6) is -5.95. The van der Waals surface area contributed by atoms with Gasteiger partial charge in [-0.25, -0.2) is 0 Å². The highest BCUT2D eigenvalue weighted by atomic mass is 16.6. The molecule has 302 valence electrons. The van der Waals surface area contributed by atoms with E-state index in [-0.39, 0.29) is 70.0 Å². The lowest BCUT2D eigenvalue weighted by Crippen LogP contribution is -2.68. The van der Waals surface area contributed by atoms with Gasteiger partial charge >= 0.3 is 5.97 Å². The molecule has 0 aromatic rings. The Balaban J connectivity index is 1.21. The van der Waals surface area contributed by atoms with E-state index in [1.807, 2.05) is 0 Å². The first-order valence-corrected chi connectivity index (χ1v) is 19.5. The van der Waals surface area contributed by atoms with Gasteiger partial charge in [-0.1, -0.05) is 0 Å². The quantitative estimate of drug-likeness (QED) is 0.129. The molecule has 12 N–H and O–H groups in total. The van der Waals surface area contributed by atoms with E-state index in [0.29, 0.717) is 6.42 Å². The van der Waals surface area contributed by atoms with Gasteiger partial charge in [0.2, 0.25) is 0 Å². The Bertz CT molecular complexity index is 1310. The fourth-order valence-electron chi connectivity index (χ4n) is 11.2. The Morgan fingerprint density at radius 1 is 0.585 bits per heavy atom. The van der Waals surface area contributed by atoms with Gasteiger partial charge in [0.25, 0.3) is 0 Å². The minimum absolute atomic E-state index is 0.0160. The molecule has 7 aliphatic rings. The maximum Gasteiger partial charge on any atom is 0.309 e. The van der Waals surface area contributed by atoms with Crippen LogP contribution >= 0.6 is 0 Å². The first-order valence-electron chi connectivity index (χ1n) is 19.5. The summed E-state index contributed by atoms with van der Waals surface area (Å²) >= 11 is 0. The number of carbonyl (C=O) groups excluding carboxylic acids is 1. The Hall–Kier alpha value is -1.51. The Morgan fingerprint density at radius 3 is 1.96 bits per heavy atom. The number of esters is 1. The fourth-order valence-corrected chi connectivity index (χ4v) is 11.2. The van der Waals surface area contributed by atoms with E-state index in [9.17, 15) is 66.1 Å². The molecule has 21 atom stereocenters. The molecule has 0 radical (unpaired) electrons. The number of aliphatic hydroxyl groups excluding tert-OH is 12. The topological polar surface area (TPSA) is 288 Å². The summed E-state index contributed by atoms with van der Waals surface area (Å²) in [5, 5.41) is 130. The number of rotatable bonds is 5. The van der Waals surface area contributed by atoms with Crippen LogP contribution in [-0.4, -0.2) is 165 Å². The second-order valence-electron chi connectivity index (χ2n) is 17.2. The normalized spacial score (nSPS) is 54.9. The van der Waals surface area contributed by atoms with Gasteiger partial charge in [0.05, 0.1) is 85.3 Å². The molecular weight excluding hydrogens is 700 g/mol. The Morgan fingerprint density at radius 2 is 1.28 bits per heavy atom. The Kier molecular flexibility index (Phi) is 11.8. The summed E-state index contributed by atoms with van der Waals surface area (Å²) in [6.45, 7) is 0. The van der Waals surface area contributed by atoms with Crippen LogP contribution in [0, 0.1) is 41.4 Å². The molecule has 16 heteroatoms. The molecule has 4 saturated carbocycles. The second kappa shape index (κ2) is 15.8. The number of ether oxygens (including phenoxy) is 3. The van der Waals surface area contributed by atoms with E-state index in [4.69, 9.17) is 14.2 Å². The third-order valence-corrected chi connectivity index (χ3v) is 13.9. The molecule has 21 unspecified atom stereocenters. The summed E-state index contributed by atoms with van der Waals surface area (Å²) in [7, 11) is 0. The van der Waals surface area contributed by atoms with Crippen molar-refractivity contribution in [2.75, 3.05) is 0 Å². The Labute approximate surface area is 307 Å². The average Bonchev–Trinajstić information content (AvgIpc) is 3.10. The van der Waals surface area contributed by atoms with Crippen molar-refractivity contribution in [2.45, 2.75) is 168 Å². The third kappa shape index (κ3) is 7.66. The molecule has 2 heterocycles. The van der Waals surface area contributed by atoms with E-state index in [1.54, 1.807) is 0 Å². The van der Waals surface area contributed by atoms with Crippen molar-refractivity contribution in [3.8, 4) is 0 Å². The molecular formula is C37H58O16. The summed E-state index contributed by atoms with van der Waals surface area (Å²) < 4.78 is 19.4. The number of hydrogen-bond donors (Lipinski definition) is 12.